The van der Waals surface area contributed by atoms with Crippen LogP contribution >= 0.6 is 12.6 Å². The van der Waals surface area contributed by atoms with Crippen molar-refractivity contribution in [2.45, 2.75) is 38.2 Å². The number of amides is 1. The van der Waals surface area contributed by atoms with E-state index >= 15 is 0 Å². The number of carbonyl (C=O) groups is 1. The van der Waals surface area contributed by atoms with E-state index in [1.165, 1.54) is 0 Å². The zero-order valence-corrected chi connectivity index (χ0v) is 9.25. The summed E-state index contributed by atoms with van der Waals surface area (Å²) >= 11 is 4.09. The molecule has 76 valence electrons. The second-order valence-electron chi connectivity index (χ2n) is 3.73. The highest BCUT2D eigenvalue weighted by molar-refractivity contribution is 7.81. The predicted octanol–water partition coefficient (Wildman–Crippen LogP) is 0.941. The molecule has 0 saturated carbocycles. The normalized spacial score (nSPS) is 20.2. The topological polar surface area (TPSA) is 29.5 Å². The van der Waals surface area contributed by atoms with Crippen LogP contribution in [0.2, 0.25) is 0 Å². The Morgan fingerprint density at radius 3 is 2.38 bits per heavy atom. The zero-order chi connectivity index (χ0) is 10.0. The van der Waals surface area contributed by atoms with Gasteiger partial charge in [0.1, 0.15) is 0 Å². The van der Waals surface area contributed by atoms with E-state index in [-0.39, 0.29) is 23.4 Å². The molecule has 1 rings (SSSR count). The van der Waals surface area contributed by atoms with Gasteiger partial charge in [0.2, 0.25) is 5.91 Å². The molecule has 1 heterocycles. The summed E-state index contributed by atoms with van der Waals surface area (Å²) in [7, 11) is 0. The molecule has 13 heavy (non-hydrogen) atoms. The fraction of sp³-hybridized carbons (Fsp3) is 0.889. The molecule has 0 N–H and O–H groups in total. The van der Waals surface area contributed by atoms with Gasteiger partial charge in [-0.25, -0.2) is 0 Å². The van der Waals surface area contributed by atoms with Crippen molar-refractivity contribution in [3.8, 4) is 0 Å². The van der Waals surface area contributed by atoms with Gasteiger partial charge in [0.05, 0.1) is 17.5 Å². The molecule has 0 aromatic rings. The molecule has 3 nitrogen and oxygen atoms in total. The molecular weight excluding hydrogens is 186 g/mol. The van der Waals surface area contributed by atoms with Crippen LogP contribution in [0.5, 0.6) is 0 Å². The minimum Gasteiger partial charge on any atom is -0.372 e. The smallest absolute Gasteiger partial charge is 0.235 e. The average Bonchev–Trinajstić information content (AvgIpc) is 1.94. The van der Waals surface area contributed by atoms with Gasteiger partial charge in [-0.2, -0.15) is 12.6 Å². The molecule has 0 bridgehead atoms. The largest absolute Gasteiger partial charge is 0.372 e. The van der Waals surface area contributed by atoms with Crippen molar-refractivity contribution in [1.82, 2.24) is 4.90 Å². The van der Waals surface area contributed by atoms with Crippen LogP contribution in [0.3, 0.4) is 0 Å². The number of hydrogen-bond acceptors (Lipinski definition) is 3. The molecule has 4 heteroatoms. The Labute approximate surface area is 84.8 Å². The molecule has 1 saturated heterocycles. The van der Waals surface area contributed by atoms with E-state index in [0.717, 1.165) is 13.1 Å². The second-order valence-corrected chi connectivity index (χ2v) is 4.50. The third kappa shape index (κ3) is 2.88. The summed E-state index contributed by atoms with van der Waals surface area (Å²) in [5, 5.41) is -0.194. The van der Waals surface area contributed by atoms with Crippen LogP contribution in [0.4, 0.5) is 0 Å². The van der Waals surface area contributed by atoms with Gasteiger partial charge in [0.15, 0.2) is 0 Å². The van der Waals surface area contributed by atoms with Gasteiger partial charge in [-0.15, -0.1) is 0 Å². The second kappa shape index (κ2) is 4.33. The minimum absolute atomic E-state index is 0.104. The Kier molecular flexibility index (Phi) is 3.62. The standard InChI is InChI=1S/C9H17NO2S/c1-6(2)12-8-4-10(5-8)9(11)7(3)13/h6-8,13H,4-5H2,1-3H3. The monoisotopic (exact) mass is 203 g/mol. The number of ether oxygens (including phenoxy) is 1. The van der Waals surface area contributed by atoms with Crippen LogP contribution in [-0.2, 0) is 9.53 Å². The molecule has 0 aromatic heterocycles. The predicted molar refractivity (Wildman–Crippen MR) is 55.0 cm³/mol. The van der Waals surface area contributed by atoms with E-state index in [1.54, 1.807) is 11.8 Å². The SMILES string of the molecule is CC(C)OC1CN(C(=O)C(C)S)C1. The zero-order valence-electron chi connectivity index (χ0n) is 8.36. The lowest BCUT2D eigenvalue weighted by Gasteiger charge is -2.40. The van der Waals surface area contributed by atoms with Crippen LogP contribution in [0, 0.1) is 0 Å². The lowest BCUT2D eigenvalue weighted by Crippen LogP contribution is -2.56. The Morgan fingerprint density at radius 1 is 1.46 bits per heavy atom. The first-order valence-electron chi connectivity index (χ1n) is 4.63. The molecule has 1 atom stereocenters. The maximum Gasteiger partial charge on any atom is 0.235 e. The number of thiol groups is 1. The summed E-state index contributed by atoms with van der Waals surface area (Å²) in [6, 6.07) is 0. The van der Waals surface area contributed by atoms with Crippen LogP contribution in [0.15, 0.2) is 0 Å². The highest BCUT2D eigenvalue weighted by Crippen LogP contribution is 2.15. The van der Waals surface area contributed by atoms with E-state index in [9.17, 15) is 4.79 Å². The number of carbonyl (C=O) groups excluding carboxylic acids is 1. The summed E-state index contributed by atoms with van der Waals surface area (Å²) in [6.07, 6.45) is 0.478. The van der Waals surface area contributed by atoms with Crippen molar-refractivity contribution in [1.29, 1.82) is 0 Å². The van der Waals surface area contributed by atoms with E-state index < -0.39 is 0 Å². The lowest BCUT2D eigenvalue weighted by atomic mass is 10.1. The van der Waals surface area contributed by atoms with Crippen molar-refractivity contribution in [2.24, 2.45) is 0 Å². The highest BCUT2D eigenvalue weighted by Gasteiger charge is 2.32. The molecular formula is C9H17NO2S. The highest BCUT2D eigenvalue weighted by atomic mass is 32.1. The van der Waals surface area contributed by atoms with E-state index in [4.69, 9.17) is 4.74 Å². The quantitative estimate of drug-likeness (QED) is 0.692. The van der Waals surface area contributed by atoms with E-state index in [0.29, 0.717) is 0 Å². The molecule has 1 aliphatic rings. The summed E-state index contributed by atoms with van der Waals surface area (Å²) in [6.45, 7) is 7.25. The molecule has 1 fully saturated rings. The van der Waals surface area contributed by atoms with Crippen molar-refractivity contribution in [3.05, 3.63) is 0 Å². The fourth-order valence-corrected chi connectivity index (χ4v) is 1.52. The minimum atomic E-state index is -0.194. The Bertz CT molecular complexity index is 188. The summed E-state index contributed by atoms with van der Waals surface area (Å²) in [5.41, 5.74) is 0. The summed E-state index contributed by atoms with van der Waals surface area (Å²) < 4.78 is 5.53. The van der Waals surface area contributed by atoms with Gasteiger partial charge < -0.3 is 9.64 Å². The Hall–Kier alpha value is -0.220. The molecule has 0 radical (unpaired) electrons. The van der Waals surface area contributed by atoms with Gasteiger partial charge >= 0.3 is 0 Å². The molecule has 0 spiro atoms. The van der Waals surface area contributed by atoms with Crippen LogP contribution in [0.1, 0.15) is 20.8 Å². The first kappa shape index (κ1) is 10.9. The number of nitrogens with zero attached hydrogens (tertiary/aromatic N) is 1. The Morgan fingerprint density at radius 2 is 2.00 bits per heavy atom. The van der Waals surface area contributed by atoms with E-state index in [1.807, 2.05) is 13.8 Å². The van der Waals surface area contributed by atoms with Crippen molar-refractivity contribution < 1.29 is 9.53 Å². The van der Waals surface area contributed by atoms with Gasteiger partial charge in [-0.1, -0.05) is 0 Å². The lowest BCUT2D eigenvalue weighted by molar-refractivity contribution is -0.147. The fourth-order valence-electron chi connectivity index (χ4n) is 1.35. The Balaban J connectivity index is 2.22. The maximum absolute atomic E-state index is 11.4. The van der Waals surface area contributed by atoms with Gasteiger partial charge in [-0.3, -0.25) is 4.79 Å². The molecule has 1 aliphatic heterocycles. The molecule has 1 amide bonds. The first-order chi connectivity index (χ1) is 6.00. The number of hydrogen-bond donors (Lipinski definition) is 1. The molecule has 0 aromatic carbocycles. The molecule has 1 unspecified atom stereocenters. The number of likely N-dealkylation sites (tertiary alicyclic amines) is 1. The molecule has 0 aliphatic carbocycles. The van der Waals surface area contributed by atoms with Crippen molar-refractivity contribution in [3.63, 3.8) is 0 Å². The third-order valence-corrected chi connectivity index (χ3v) is 2.20. The summed E-state index contributed by atoms with van der Waals surface area (Å²) in [5.74, 6) is 0.104. The summed E-state index contributed by atoms with van der Waals surface area (Å²) in [4.78, 5) is 13.1. The average molecular weight is 203 g/mol. The van der Waals surface area contributed by atoms with Gasteiger partial charge in [-0.05, 0) is 20.8 Å². The maximum atomic E-state index is 11.4. The van der Waals surface area contributed by atoms with Crippen LogP contribution in [0.25, 0.3) is 0 Å². The van der Waals surface area contributed by atoms with Crippen molar-refractivity contribution in [2.75, 3.05) is 13.1 Å². The van der Waals surface area contributed by atoms with Gasteiger partial charge in [0.25, 0.3) is 0 Å². The van der Waals surface area contributed by atoms with Crippen LogP contribution < -0.4 is 0 Å². The van der Waals surface area contributed by atoms with Gasteiger partial charge in [0, 0.05) is 13.1 Å². The number of rotatable bonds is 3. The van der Waals surface area contributed by atoms with E-state index in [2.05, 4.69) is 12.6 Å². The third-order valence-electron chi connectivity index (χ3n) is 1.98. The first-order valence-corrected chi connectivity index (χ1v) is 5.14. The van der Waals surface area contributed by atoms with Crippen molar-refractivity contribution >= 4 is 18.5 Å². The van der Waals surface area contributed by atoms with Crippen LogP contribution in [-0.4, -0.2) is 41.4 Å².